The molecule has 1 aliphatic carbocycles. The van der Waals surface area contributed by atoms with Crippen LogP contribution in [0.2, 0.25) is 0 Å². The van der Waals surface area contributed by atoms with Crippen LogP contribution in [0, 0.1) is 5.92 Å². The minimum Gasteiger partial charge on any atom is -0.437 e. The average molecular weight is 284 g/mol. The summed E-state index contributed by atoms with van der Waals surface area (Å²) in [5, 5.41) is 4.02. The maximum atomic E-state index is 11.1. The van der Waals surface area contributed by atoms with E-state index in [0.29, 0.717) is 18.2 Å². The predicted molar refractivity (Wildman–Crippen MR) is 69.1 cm³/mol. The Morgan fingerprint density at radius 2 is 2.25 bits per heavy atom. The van der Waals surface area contributed by atoms with E-state index in [4.69, 9.17) is 14.3 Å². The molecule has 3 aliphatic rings. The quantitative estimate of drug-likeness (QED) is 0.677. The number of oxime groups is 1. The van der Waals surface area contributed by atoms with Gasteiger partial charge in [0.1, 0.15) is 0 Å². The van der Waals surface area contributed by atoms with E-state index in [9.17, 15) is 4.79 Å². The fourth-order valence-electron chi connectivity index (χ4n) is 3.41. The monoisotopic (exact) mass is 284 g/mol. The molecule has 0 spiro atoms. The second-order valence-corrected chi connectivity index (χ2v) is 5.37. The first-order chi connectivity index (χ1) is 9.74. The van der Waals surface area contributed by atoms with E-state index in [-0.39, 0.29) is 5.72 Å². The fourth-order valence-corrected chi connectivity index (χ4v) is 3.41. The third-order valence-electron chi connectivity index (χ3n) is 4.37. The standard InChI is InChI=1S/C13H20N2O5/c1-17-12(16)19-11-9-10-3-2-4-13(10,20-14-11)15-5-7-18-8-6-15/h10H,2-9H2,1H3. The number of fused-ring (bicyclic) bond motifs is 1. The zero-order chi connectivity index (χ0) is 14.0. The molecule has 0 N–H and O–H groups in total. The Morgan fingerprint density at radius 3 is 3.00 bits per heavy atom. The van der Waals surface area contributed by atoms with Crippen LogP contribution in [0.25, 0.3) is 0 Å². The first-order valence-corrected chi connectivity index (χ1v) is 7.08. The number of carbonyl (C=O) groups excluding carboxylic acids is 1. The molecule has 112 valence electrons. The smallest absolute Gasteiger partial charge is 0.437 e. The number of hydrogen-bond donors (Lipinski definition) is 0. The van der Waals surface area contributed by atoms with Crippen LogP contribution >= 0.6 is 0 Å². The van der Waals surface area contributed by atoms with Gasteiger partial charge in [0, 0.05) is 31.8 Å². The van der Waals surface area contributed by atoms with Crippen molar-refractivity contribution in [3.63, 3.8) is 0 Å². The summed E-state index contributed by atoms with van der Waals surface area (Å²) < 4.78 is 14.9. The number of morpholine rings is 1. The molecule has 0 aromatic heterocycles. The fraction of sp³-hybridized carbons (Fsp3) is 0.846. The molecule has 7 heteroatoms. The topological polar surface area (TPSA) is 69.6 Å². The second-order valence-electron chi connectivity index (χ2n) is 5.37. The van der Waals surface area contributed by atoms with Crippen LogP contribution in [-0.4, -0.2) is 56.1 Å². The zero-order valence-electron chi connectivity index (χ0n) is 11.7. The second kappa shape index (κ2) is 5.57. The Labute approximate surface area is 117 Å². The zero-order valence-corrected chi connectivity index (χ0v) is 11.7. The highest BCUT2D eigenvalue weighted by Crippen LogP contribution is 2.46. The van der Waals surface area contributed by atoms with Gasteiger partial charge in [-0.3, -0.25) is 4.90 Å². The highest BCUT2D eigenvalue weighted by atomic mass is 16.7. The summed E-state index contributed by atoms with van der Waals surface area (Å²) >= 11 is 0. The van der Waals surface area contributed by atoms with Crippen LogP contribution < -0.4 is 0 Å². The van der Waals surface area contributed by atoms with E-state index in [1.54, 1.807) is 0 Å². The summed E-state index contributed by atoms with van der Waals surface area (Å²) in [6.07, 6.45) is 2.99. The molecular formula is C13H20N2O5. The van der Waals surface area contributed by atoms with Crippen molar-refractivity contribution in [2.45, 2.75) is 31.4 Å². The van der Waals surface area contributed by atoms with Crippen LogP contribution in [0.15, 0.2) is 5.16 Å². The maximum Gasteiger partial charge on any atom is 0.514 e. The molecule has 2 fully saturated rings. The van der Waals surface area contributed by atoms with Crippen molar-refractivity contribution in [3.05, 3.63) is 0 Å². The number of ether oxygens (including phenoxy) is 3. The molecule has 2 aliphatic heterocycles. The first-order valence-electron chi connectivity index (χ1n) is 7.08. The van der Waals surface area contributed by atoms with Gasteiger partial charge in [-0.25, -0.2) is 4.79 Å². The lowest BCUT2D eigenvalue weighted by Gasteiger charge is -2.45. The maximum absolute atomic E-state index is 11.1. The molecule has 1 saturated carbocycles. The molecular weight excluding hydrogens is 264 g/mol. The van der Waals surface area contributed by atoms with Crippen molar-refractivity contribution in [3.8, 4) is 0 Å². The summed E-state index contributed by atoms with van der Waals surface area (Å²) in [6.45, 7) is 3.18. The van der Waals surface area contributed by atoms with E-state index in [0.717, 1.165) is 45.6 Å². The SMILES string of the molecule is COC(=O)OC1=NOC2(N3CCOCC3)CCCC2C1. The Bertz CT molecular complexity index is 408. The summed E-state index contributed by atoms with van der Waals surface area (Å²) in [4.78, 5) is 19.3. The van der Waals surface area contributed by atoms with Crippen molar-refractivity contribution >= 4 is 12.1 Å². The highest BCUT2D eigenvalue weighted by Gasteiger charge is 2.53. The highest BCUT2D eigenvalue weighted by molar-refractivity contribution is 5.86. The molecule has 1 saturated heterocycles. The third kappa shape index (κ3) is 2.35. The molecule has 0 amide bonds. The van der Waals surface area contributed by atoms with Crippen molar-refractivity contribution in [1.82, 2.24) is 4.90 Å². The van der Waals surface area contributed by atoms with Gasteiger partial charge in [-0.05, 0) is 18.0 Å². The molecule has 0 bridgehead atoms. The van der Waals surface area contributed by atoms with Crippen LogP contribution in [0.5, 0.6) is 0 Å². The number of rotatable bonds is 1. The average Bonchev–Trinajstić information content (AvgIpc) is 2.92. The minimum atomic E-state index is -0.746. The first kappa shape index (κ1) is 13.6. The van der Waals surface area contributed by atoms with Gasteiger partial charge in [0.2, 0.25) is 5.90 Å². The van der Waals surface area contributed by atoms with Crippen LogP contribution in [-0.2, 0) is 19.0 Å². The minimum absolute atomic E-state index is 0.303. The molecule has 0 aromatic carbocycles. The lowest BCUT2D eigenvalue weighted by molar-refractivity contribution is -0.206. The largest absolute Gasteiger partial charge is 0.514 e. The molecule has 0 radical (unpaired) electrons. The van der Waals surface area contributed by atoms with E-state index in [2.05, 4.69) is 14.8 Å². The number of carbonyl (C=O) groups is 1. The summed E-state index contributed by atoms with van der Waals surface area (Å²) in [7, 11) is 1.28. The van der Waals surface area contributed by atoms with Gasteiger partial charge in [0.25, 0.3) is 0 Å². The third-order valence-corrected chi connectivity index (χ3v) is 4.37. The van der Waals surface area contributed by atoms with Gasteiger partial charge in [-0.1, -0.05) is 0 Å². The van der Waals surface area contributed by atoms with Gasteiger partial charge in [-0.2, -0.15) is 0 Å². The van der Waals surface area contributed by atoms with E-state index < -0.39 is 6.16 Å². The number of methoxy groups -OCH3 is 1. The van der Waals surface area contributed by atoms with Crippen molar-refractivity contribution in [2.24, 2.45) is 11.1 Å². The number of nitrogens with zero attached hydrogens (tertiary/aromatic N) is 2. The van der Waals surface area contributed by atoms with Crippen LogP contribution in [0.4, 0.5) is 4.79 Å². The summed E-state index contributed by atoms with van der Waals surface area (Å²) in [5.41, 5.74) is -0.341. The Morgan fingerprint density at radius 1 is 1.45 bits per heavy atom. The van der Waals surface area contributed by atoms with Crippen molar-refractivity contribution < 1.29 is 23.8 Å². The predicted octanol–water partition coefficient (Wildman–Crippen LogP) is 1.33. The Hall–Kier alpha value is -1.34. The van der Waals surface area contributed by atoms with Gasteiger partial charge in [-0.15, -0.1) is 0 Å². The van der Waals surface area contributed by atoms with Gasteiger partial charge in [0.15, 0.2) is 5.72 Å². The summed E-state index contributed by atoms with van der Waals surface area (Å²) in [6, 6.07) is 0. The summed E-state index contributed by atoms with van der Waals surface area (Å²) in [5.74, 6) is 0.616. The van der Waals surface area contributed by atoms with E-state index in [1.165, 1.54) is 7.11 Å². The molecule has 2 atom stereocenters. The Balaban J connectivity index is 1.73. The van der Waals surface area contributed by atoms with Crippen LogP contribution in [0.1, 0.15) is 25.7 Å². The van der Waals surface area contributed by atoms with Gasteiger partial charge in [0.05, 0.1) is 20.3 Å². The molecule has 0 aromatic rings. The van der Waals surface area contributed by atoms with Gasteiger partial charge >= 0.3 is 6.16 Å². The molecule has 2 unspecified atom stereocenters. The van der Waals surface area contributed by atoms with E-state index >= 15 is 0 Å². The Kier molecular flexibility index (Phi) is 3.80. The van der Waals surface area contributed by atoms with Crippen LogP contribution in [0.3, 0.4) is 0 Å². The molecule has 2 heterocycles. The van der Waals surface area contributed by atoms with Crippen molar-refractivity contribution in [1.29, 1.82) is 0 Å². The molecule has 7 nitrogen and oxygen atoms in total. The lowest BCUT2D eigenvalue weighted by atomic mass is 9.93. The number of hydrogen-bond acceptors (Lipinski definition) is 7. The van der Waals surface area contributed by atoms with Crippen molar-refractivity contribution in [2.75, 3.05) is 33.4 Å². The molecule has 20 heavy (non-hydrogen) atoms. The van der Waals surface area contributed by atoms with Gasteiger partial charge < -0.3 is 19.0 Å². The van der Waals surface area contributed by atoms with E-state index in [1.807, 2.05) is 0 Å². The molecule has 3 rings (SSSR count). The normalized spacial score (nSPS) is 33.9. The lowest BCUT2D eigenvalue weighted by Crippen LogP contribution is -2.58.